The summed E-state index contributed by atoms with van der Waals surface area (Å²) in [6.07, 6.45) is 4.90. The highest BCUT2D eigenvalue weighted by Crippen LogP contribution is 2.35. The second-order valence-electron chi connectivity index (χ2n) is 7.05. The van der Waals surface area contributed by atoms with Crippen LogP contribution in [0.4, 0.5) is 0 Å². The number of hydrogen-bond acceptors (Lipinski definition) is 3. The van der Waals surface area contributed by atoms with E-state index in [1.54, 1.807) is 11.8 Å². The van der Waals surface area contributed by atoms with Gasteiger partial charge in [0.15, 0.2) is 0 Å². The van der Waals surface area contributed by atoms with Crippen LogP contribution in [0.5, 0.6) is 0 Å². The molecule has 1 heterocycles. The van der Waals surface area contributed by atoms with E-state index in [0.29, 0.717) is 25.3 Å². The Morgan fingerprint density at radius 3 is 2.60 bits per heavy atom. The lowest BCUT2D eigenvalue weighted by molar-refractivity contribution is -0.155. The topological polar surface area (TPSA) is 83.6 Å². The maximum atomic E-state index is 12.7. The van der Waals surface area contributed by atoms with Crippen molar-refractivity contribution >= 4 is 11.9 Å². The van der Waals surface area contributed by atoms with Crippen molar-refractivity contribution in [3.8, 4) is 0 Å². The molecule has 1 saturated carbocycles. The first kappa shape index (κ1) is 15.3. The van der Waals surface area contributed by atoms with Crippen LogP contribution in [0.15, 0.2) is 0 Å². The van der Waals surface area contributed by atoms with Crippen molar-refractivity contribution in [2.75, 3.05) is 13.1 Å². The van der Waals surface area contributed by atoms with E-state index in [1.165, 1.54) is 0 Å². The summed E-state index contributed by atoms with van der Waals surface area (Å²) in [6.45, 7) is 4.77. The van der Waals surface area contributed by atoms with Crippen molar-refractivity contribution < 1.29 is 14.7 Å². The van der Waals surface area contributed by atoms with E-state index in [9.17, 15) is 14.7 Å². The third-order valence-corrected chi connectivity index (χ3v) is 4.96. The van der Waals surface area contributed by atoms with Crippen molar-refractivity contribution in [3.05, 3.63) is 0 Å². The summed E-state index contributed by atoms with van der Waals surface area (Å²) < 4.78 is 0. The Morgan fingerprint density at radius 1 is 1.30 bits per heavy atom. The van der Waals surface area contributed by atoms with E-state index in [1.807, 2.05) is 0 Å². The largest absolute Gasteiger partial charge is 0.481 e. The maximum Gasteiger partial charge on any atom is 0.311 e. The highest BCUT2D eigenvalue weighted by molar-refractivity contribution is 5.87. The number of carbonyl (C=O) groups is 2. The fraction of sp³-hybridized carbons (Fsp3) is 0.867. The van der Waals surface area contributed by atoms with Gasteiger partial charge < -0.3 is 15.7 Å². The van der Waals surface area contributed by atoms with E-state index >= 15 is 0 Å². The van der Waals surface area contributed by atoms with E-state index in [0.717, 1.165) is 25.7 Å². The fourth-order valence-electron chi connectivity index (χ4n) is 3.69. The number of rotatable bonds is 2. The fourth-order valence-corrected chi connectivity index (χ4v) is 3.69. The van der Waals surface area contributed by atoms with Crippen LogP contribution in [0, 0.1) is 11.3 Å². The molecular weight excluding hydrogens is 256 g/mol. The molecule has 3 unspecified atom stereocenters. The molecule has 2 fully saturated rings. The van der Waals surface area contributed by atoms with Gasteiger partial charge in [-0.15, -0.1) is 0 Å². The van der Waals surface area contributed by atoms with Crippen LogP contribution in [0.1, 0.15) is 52.4 Å². The molecule has 2 aliphatic rings. The van der Waals surface area contributed by atoms with Crippen LogP contribution in [-0.4, -0.2) is 40.5 Å². The van der Waals surface area contributed by atoms with Crippen molar-refractivity contribution in [2.45, 2.75) is 57.9 Å². The lowest BCUT2D eigenvalue weighted by Crippen LogP contribution is -2.60. The number of nitrogens with zero attached hydrogens (tertiary/aromatic N) is 1. The summed E-state index contributed by atoms with van der Waals surface area (Å²) in [4.78, 5) is 25.8. The molecule has 114 valence electrons. The predicted octanol–water partition coefficient (Wildman–Crippen LogP) is 1.61. The molecule has 2 rings (SSSR count). The van der Waals surface area contributed by atoms with Gasteiger partial charge in [-0.1, -0.05) is 19.8 Å². The zero-order valence-corrected chi connectivity index (χ0v) is 12.5. The molecule has 0 aromatic rings. The van der Waals surface area contributed by atoms with E-state index in [2.05, 4.69) is 6.92 Å². The van der Waals surface area contributed by atoms with Gasteiger partial charge in [0, 0.05) is 13.1 Å². The van der Waals surface area contributed by atoms with Gasteiger partial charge in [0.05, 0.1) is 11.0 Å². The summed E-state index contributed by atoms with van der Waals surface area (Å²) in [6, 6.07) is 0. The molecule has 0 aromatic heterocycles. The molecule has 0 radical (unpaired) electrons. The lowest BCUT2D eigenvalue weighted by atomic mass is 9.75. The molecule has 5 heteroatoms. The summed E-state index contributed by atoms with van der Waals surface area (Å²) in [5.41, 5.74) is 4.74. The molecule has 0 bridgehead atoms. The maximum absolute atomic E-state index is 12.7. The van der Waals surface area contributed by atoms with Gasteiger partial charge in [-0.2, -0.15) is 0 Å². The Kier molecular flexibility index (Phi) is 4.09. The highest BCUT2D eigenvalue weighted by Gasteiger charge is 2.45. The van der Waals surface area contributed by atoms with E-state index < -0.39 is 16.9 Å². The molecule has 1 aliphatic carbocycles. The van der Waals surface area contributed by atoms with Crippen molar-refractivity contribution in [1.29, 1.82) is 0 Å². The number of hydrogen-bond donors (Lipinski definition) is 2. The van der Waals surface area contributed by atoms with Gasteiger partial charge in [-0.05, 0) is 38.5 Å². The normalized spacial score (nSPS) is 38.5. The number of aliphatic carboxylic acids is 1. The van der Waals surface area contributed by atoms with Crippen molar-refractivity contribution in [1.82, 2.24) is 4.90 Å². The minimum Gasteiger partial charge on any atom is -0.481 e. The smallest absolute Gasteiger partial charge is 0.311 e. The summed E-state index contributed by atoms with van der Waals surface area (Å²) in [5, 5.41) is 9.34. The van der Waals surface area contributed by atoms with Crippen LogP contribution in [0.2, 0.25) is 0 Å². The Labute approximate surface area is 120 Å². The number of carboxylic acids is 1. The number of carboxylic acid groups (broad SMARTS) is 1. The lowest BCUT2D eigenvalue weighted by Gasteiger charge is -2.43. The van der Waals surface area contributed by atoms with Gasteiger partial charge in [0.2, 0.25) is 5.91 Å². The summed E-state index contributed by atoms with van der Waals surface area (Å²) >= 11 is 0. The molecule has 1 saturated heterocycles. The Morgan fingerprint density at radius 2 is 2.00 bits per heavy atom. The molecule has 3 N–H and O–H groups in total. The number of amides is 1. The number of nitrogens with two attached hydrogens (primary N) is 1. The standard InChI is InChI=1S/C15H26N2O3/c1-11-5-3-7-15(16,9-11)12(18)17-8-4-6-14(2,10-17)13(19)20/h11H,3-10,16H2,1-2H3,(H,19,20). The molecule has 1 amide bonds. The number of piperidine rings is 1. The van der Waals surface area contributed by atoms with Crippen LogP contribution in [-0.2, 0) is 9.59 Å². The quantitative estimate of drug-likeness (QED) is 0.806. The minimum absolute atomic E-state index is 0.0452. The Bertz CT molecular complexity index is 412. The Balaban J connectivity index is 2.10. The third-order valence-electron chi connectivity index (χ3n) is 4.96. The Hall–Kier alpha value is -1.10. The second-order valence-corrected chi connectivity index (χ2v) is 7.05. The molecule has 5 nitrogen and oxygen atoms in total. The molecule has 0 spiro atoms. The average Bonchev–Trinajstić information content (AvgIpc) is 2.37. The van der Waals surface area contributed by atoms with Gasteiger partial charge >= 0.3 is 5.97 Å². The molecule has 1 aliphatic heterocycles. The number of likely N-dealkylation sites (tertiary alicyclic amines) is 1. The van der Waals surface area contributed by atoms with Gasteiger partial charge in [-0.3, -0.25) is 9.59 Å². The summed E-state index contributed by atoms with van der Waals surface area (Å²) in [7, 11) is 0. The van der Waals surface area contributed by atoms with E-state index in [4.69, 9.17) is 5.73 Å². The highest BCUT2D eigenvalue weighted by atomic mass is 16.4. The summed E-state index contributed by atoms with van der Waals surface area (Å²) in [5.74, 6) is -0.400. The zero-order valence-electron chi connectivity index (χ0n) is 12.5. The van der Waals surface area contributed by atoms with E-state index in [-0.39, 0.29) is 12.5 Å². The average molecular weight is 282 g/mol. The molecule has 3 atom stereocenters. The third kappa shape index (κ3) is 2.82. The first-order chi connectivity index (χ1) is 9.27. The van der Waals surface area contributed by atoms with Crippen molar-refractivity contribution in [2.24, 2.45) is 17.1 Å². The van der Waals surface area contributed by atoms with Gasteiger partial charge in [0.25, 0.3) is 0 Å². The number of carbonyl (C=O) groups excluding carboxylic acids is 1. The molecule has 0 aromatic carbocycles. The van der Waals surface area contributed by atoms with Crippen LogP contribution < -0.4 is 5.73 Å². The first-order valence-corrected chi connectivity index (χ1v) is 7.58. The minimum atomic E-state index is -0.829. The first-order valence-electron chi connectivity index (χ1n) is 7.58. The SMILES string of the molecule is CC1CCCC(N)(C(=O)N2CCCC(C)(C(=O)O)C2)C1. The van der Waals surface area contributed by atoms with Crippen LogP contribution in [0.3, 0.4) is 0 Å². The van der Waals surface area contributed by atoms with Gasteiger partial charge in [-0.25, -0.2) is 0 Å². The van der Waals surface area contributed by atoms with Crippen molar-refractivity contribution in [3.63, 3.8) is 0 Å². The second kappa shape index (κ2) is 5.35. The van der Waals surface area contributed by atoms with Crippen LogP contribution in [0.25, 0.3) is 0 Å². The predicted molar refractivity (Wildman–Crippen MR) is 76.1 cm³/mol. The molecule has 20 heavy (non-hydrogen) atoms. The van der Waals surface area contributed by atoms with Crippen LogP contribution >= 0.6 is 0 Å². The molecular formula is C15H26N2O3. The monoisotopic (exact) mass is 282 g/mol. The zero-order chi connectivity index (χ0) is 15.0. The van der Waals surface area contributed by atoms with Gasteiger partial charge in [0.1, 0.15) is 0 Å².